The van der Waals surface area contributed by atoms with Gasteiger partial charge in [-0.05, 0) is 181 Å². The predicted molar refractivity (Wildman–Crippen MR) is 371 cm³/mol. The standard InChI is InChI=1S/C81H62BN5/c1-43-31-44(2)34-47(33-43)77-83-78(48-35-45(3)32-46(4)36-48)85-79(84-77)49-37-68-74-69(38-49)87-67-30-28-60-56-23-13-11-19-52(56)54-21-15-17-25-58(54)70(60)72(67)73-71-59-26-18-16-22-55(59)53-20-12-14-24-57(53)62(71)42-65(76(73)87)82(74)64-41-51(81(8,9)10)40-63-61-39-50(80(5,6)7)27-29-66(61)86(68)75(63)64/h11-42H,1-10H3. The van der Waals surface area contributed by atoms with Gasteiger partial charge in [-0.2, -0.15) is 0 Å². The molecular formula is C81H62BN5. The highest BCUT2D eigenvalue weighted by molar-refractivity contribution is 7.00. The molecule has 16 aromatic rings. The van der Waals surface area contributed by atoms with Crippen LogP contribution in [0, 0.1) is 27.7 Å². The van der Waals surface area contributed by atoms with Crippen LogP contribution in [0.4, 0.5) is 0 Å². The summed E-state index contributed by atoms with van der Waals surface area (Å²) >= 11 is 0. The van der Waals surface area contributed by atoms with Gasteiger partial charge in [0.1, 0.15) is 0 Å². The van der Waals surface area contributed by atoms with E-state index in [1.54, 1.807) is 0 Å². The minimum atomic E-state index is -0.152. The van der Waals surface area contributed by atoms with Crippen molar-refractivity contribution < 1.29 is 0 Å². The molecule has 0 unspecified atom stereocenters. The Morgan fingerprint density at radius 3 is 1.22 bits per heavy atom. The fourth-order valence-electron chi connectivity index (χ4n) is 16.0. The van der Waals surface area contributed by atoms with Crippen molar-refractivity contribution in [1.82, 2.24) is 24.1 Å². The second kappa shape index (κ2) is 17.4. The van der Waals surface area contributed by atoms with Gasteiger partial charge >= 0.3 is 0 Å². The number of hydrogen-bond acceptors (Lipinski definition) is 3. The first-order valence-electron chi connectivity index (χ1n) is 30.9. The number of hydrogen-bond donors (Lipinski definition) is 0. The van der Waals surface area contributed by atoms with E-state index in [0.29, 0.717) is 17.5 Å². The Morgan fingerprint density at radius 2 is 0.713 bits per heavy atom. The number of aryl methyl sites for hydroxylation is 4. The fourth-order valence-corrected chi connectivity index (χ4v) is 16.0. The largest absolute Gasteiger partial charge is 0.310 e. The second-order valence-electron chi connectivity index (χ2n) is 27.5. The van der Waals surface area contributed by atoms with Crippen molar-refractivity contribution in [2.45, 2.75) is 80.1 Å². The van der Waals surface area contributed by atoms with Crippen LogP contribution < -0.4 is 16.4 Å². The summed E-state index contributed by atoms with van der Waals surface area (Å²) in [5.74, 6) is 1.95. The summed E-state index contributed by atoms with van der Waals surface area (Å²) < 4.78 is 5.31. The third kappa shape index (κ3) is 7.01. The van der Waals surface area contributed by atoms with E-state index in [1.165, 1.54) is 158 Å². The molecule has 0 radical (unpaired) electrons. The molecule has 0 aliphatic carbocycles. The fraction of sp³-hybridized carbons (Fsp3) is 0.148. The van der Waals surface area contributed by atoms with Crippen LogP contribution in [-0.2, 0) is 10.8 Å². The maximum atomic E-state index is 5.62. The molecule has 2 aliphatic heterocycles. The van der Waals surface area contributed by atoms with E-state index in [9.17, 15) is 0 Å². The molecule has 414 valence electrons. The van der Waals surface area contributed by atoms with E-state index in [2.05, 4.69) is 272 Å². The third-order valence-electron chi connectivity index (χ3n) is 19.6. The maximum absolute atomic E-state index is 5.62. The van der Waals surface area contributed by atoms with Crippen molar-refractivity contribution in [1.29, 1.82) is 0 Å². The zero-order valence-electron chi connectivity index (χ0n) is 50.8. The molecule has 0 N–H and O–H groups in total. The van der Waals surface area contributed by atoms with E-state index >= 15 is 0 Å². The number of fused-ring (bicyclic) bond motifs is 24. The van der Waals surface area contributed by atoms with Gasteiger partial charge in [0.15, 0.2) is 17.5 Å². The lowest BCUT2D eigenvalue weighted by molar-refractivity contribution is 0.590. The highest BCUT2D eigenvalue weighted by Gasteiger charge is 2.43. The van der Waals surface area contributed by atoms with Gasteiger partial charge in [-0.3, -0.25) is 0 Å². The summed E-state index contributed by atoms with van der Waals surface area (Å²) in [5, 5.41) is 20.3. The highest BCUT2D eigenvalue weighted by atomic mass is 15.1. The van der Waals surface area contributed by atoms with Crippen molar-refractivity contribution in [2.24, 2.45) is 0 Å². The Morgan fingerprint density at radius 1 is 0.310 bits per heavy atom. The first-order chi connectivity index (χ1) is 42.0. The molecule has 18 rings (SSSR count). The molecule has 0 spiro atoms. The zero-order valence-corrected chi connectivity index (χ0v) is 50.8. The highest BCUT2D eigenvalue weighted by Crippen LogP contribution is 2.50. The van der Waals surface area contributed by atoms with E-state index in [1.807, 2.05) is 0 Å². The second-order valence-corrected chi connectivity index (χ2v) is 27.5. The van der Waals surface area contributed by atoms with Gasteiger partial charge in [-0.15, -0.1) is 0 Å². The molecule has 3 aromatic heterocycles. The Kier molecular flexibility index (Phi) is 10.1. The van der Waals surface area contributed by atoms with Crippen molar-refractivity contribution >= 4 is 131 Å². The van der Waals surface area contributed by atoms with Gasteiger partial charge in [0.25, 0.3) is 6.71 Å². The summed E-state index contributed by atoms with van der Waals surface area (Å²) in [4.78, 5) is 16.6. The molecule has 5 nitrogen and oxygen atoms in total. The molecule has 6 heteroatoms. The Labute approximate surface area is 505 Å². The molecule has 0 saturated heterocycles. The molecule has 2 aliphatic rings. The van der Waals surface area contributed by atoms with Crippen LogP contribution in [-0.4, -0.2) is 30.8 Å². The van der Waals surface area contributed by atoms with Gasteiger partial charge < -0.3 is 9.13 Å². The van der Waals surface area contributed by atoms with E-state index in [0.717, 1.165) is 28.1 Å². The molecule has 13 aromatic carbocycles. The van der Waals surface area contributed by atoms with Gasteiger partial charge in [0.05, 0.1) is 16.6 Å². The van der Waals surface area contributed by atoms with Crippen LogP contribution in [0.25, 0.3) is 154 Å². The molecule has 0 saturated carbocycles. The SMILES string of the molecule is Cc1cc(C)cc(-c2nc(-c3cc(C)cc(C)c3)nc(-c3cc4c5c(c3)-n3c6ccc7c8ccccc8c8ccccc8c7c6c6c7c8ccccc8c8ccccc8c7cc(c63)B5c3cc(C(C)(C)C)cc5c6cc(C(C)(C)C)ccc6n-4c35)n2)c1. The zero-order chi connectivity index (χ0) is 58.8. The van der Waals surface area contributed by atoms with Gasteiger partial charge in [0.2, 0.25) is 0 Å². The Bertz CT molecular complexity index is 5700. The van der Waals surface area contributed by atoms with Crippen molar-refractivity contribution in [2.75, 3.05) is 0 Å². The lowest BCUT2D eigenvalue weighted by Gasteiger charge is -2.35. The van der Waals surface area contributed by atoms with Crippen LogP contribution in [0.5, 0.6) is 0 Å². The Balaban J connectivity index is 1.09. The molecule has 0 bridgehead atoms. The molecule has 0 atom stereocenters. The van der Waals surface area contributed by atoms with Crippen molar-refractivity contribution in [3.05, 3.63) is 228 Å². The lowest BCUT2D eigenvalue weighted by Crippen LogP contribution is -2.59. The summed E-state index contributed by atoms with van der Waals surface area (Å²) in [6.45, 7) is 22.6. The van der Waals surface area contributed by atoms with Gasteiger partial charge in [-0.25, -0.2) is 15.0 Å². The van der Waals surface area contributed by atoms with Crippen LogP contribution in [0.15, 0.2) is 194 Å². The maximum Gasteiger partial charge on any atom is 0.252 e. The summed E-state index contributed by atoms with van der Waals surface area (Å²) in [5.41, 5.74) is 21.1. The summed E-state index contributed by atoms with van der Waals surface area (Å²) in [6, 6.07) is 74.5. The number of aromatic nitrogens is 5. The third-order valence-corrected chi connectivity index (χ3v) is 19.6. The van der Waals surface area contributed by atoms with E-state index in [4.69, 9.17) is 15.0 Å². The topological polar surface area (TPSA) is 48.5 Å². The summed E-state index contributed by atoms with van der Waals surface area (Å²) in [7, 11) is 0. The summed E-state index contributed by atoms with van der Waals surface area (Å²) in [6.07, 6.45) is 0. The first-order valence-corrected chi connectivity index (χ1v) is 30.9. The van der Waals surface area contributed by atoms with Crippen LogP contribution in [0.3, 0.4) is 0 Å². The van der Waals surface area contributed by atoms with Gasteiger partial charge in [0, 0.05) is 65.9 Å². The lowest BCUT2D eigenvalue weighted by atomic mass is 9.34. The number of rotatable bonds is 3. The molecule has 0 fully saturated rings. The first kappa shape index (κ1) is 50.4. The minimum absolute atomic E-state index is 0.0628. The average molecular weight is 1120 g/mol. The van der Waals surface area contributed by atoms with Crippen molar-refractivity contribution in [3.8, 4) is 45.5 Å². The molecule has 87 heavy (non-hydrogen) atoms. The van der Waals surface area contributed by atoms with Crippen LogP contribution >= 0.6 is 0 Å². The van der Waals surface area contributed by atoms with Crippen molar-refractivity contribution in [3.63, 3.8) is 0 Å². The van der Waals surface area contributed by atoms with E-state index in [-0.39, 0.29) is 17.5 Å². The normalized spacial score (nSPS) is 13.1. The predicted octanol–water partition coefficient (Wildman–Crippen LogP) is 19.0. The molecule has 0 amide bonds. The quantitative estimate of drug-likeness (QED) is 0.131. The number of nitrogens with zero attached hydrogens (tertiary/aromatic N) is 5. The monoisotopic (exact) mass is 1120 g/mol. The number of benzene rings is 13. The minimum Gasteiger partial charge on any atom is -0.310 e. The van der Waals surface area contributed by atoms with Crippen LogP contribution in [0.2, 0.25) is 0 Å². The Hall–Kier alpha value is -9.91. The molecule has 5 heterocycles. The average Bonchev–Trinajstić information content (AvgIpc) is 1.56. The molecular weight excluding hydrogens is 1050 g/mol. The van der Waals surface area contributed by atoms with Gasteiger partial charge in [-0.1, -0.05) is 197 Å². The smallest absolute Gasteiger partial charge is 0.252 e. The van der Waals surface area contributed by atoms with E-state index < -0.39 is 0 Å². The van der Waals surface area contributed by atoms with Crippen LogP contribution in [0.1, 0.15) is 74.9 Å².